The second-order valence-electron chi connectivity index (χ2n) is 5.31. The van der Waals surface area contributed by atoms with E-state index in [-0.39, 0.29) is 26.1 Å². The number of alkyl halides is 1. The predicted molar refractivity (Wildman–Crippen MR) is 83.0 cm³/mol. The quantitative estimate of drug-likeness (QED) is 0.300. The molecule has 146 valence electrons. The molecule has 0 aromatic heterocycles. The van der Waals surface area contributed by atoms with Crippen LogP contribution in [0.25, 0.3) is 0 Å². The highest BCUT2D eigenvalue weighted by atomic mass is 32.3. The molecular formula is C12H23FN4O7S. The number of hydroxylamine groups is 2. The Hall–Kier alpha value is -1.54. The first-order valence-corrected chi connectivity index (χ1v) is 9.08. The summed E-state index contributed by atoms with van der Waals surface area (Å²) in [6, 6.07) is -2.05. The summed E-state index contributed by atoms with van der Waals surface area (Å²) in [6.07, 6.45) is -1.33. The molecule has 1 rings (SSSR count). The number of carbonyl (C=O) groups is 2. The summed E-state index contributed by atoms with van der Waals surface area (Å²) >= 11 is 0. The molecule has 1 aliphatic heterocycles. The normalized spacial score (nSPS) is 21.6. The molecule has 13 heteroatoms. The van der Waals surface area contributed by atoms with Crippen molar-refractivity contribution in [2.75, 3.05) is 19.6 Å². The molecule has 3 amide bonds. The monoisotopic (exact) mass is 386 g/mol. The fourth-order valence-electron chi connectivity index (χ4n) is 2.29. The summed E-state index contributed by atoms with van der Waals surface area (Å²) in [6.45, 7) is 3.73. The van der Waals surface area contributed by atoms with Gasteiger partial charge in [-0.3, -0.25) is 14.2 Å². The van der Waals surface area contributed by atoms with Gasteiger partial charge in [-0.1, -0.05) is 13.3 Å². The number of hydrogen-bond donors (Lipinski definition) is 4. The molecule has 4 N–H and O–H groups in total. The van der Waals surface area contributed by atoms with Crippen LogP contribution in [0.5, 0.6) is 0 Å². The molecule has 1 fully saturated rings. The summed E-state index contributed by atoms with van der Waals surface area (Å²) < 4.78 is 46.8. The molecular weight excluding hydrogens is 363 g/mol. The molecule has 0 radical (unpaired) electrons. The Kier molecular flexibility index (Phi) is 8.44. The van der Waals surface area contributed by atoms with Crippen LogP contribution in [0.15, 0.2) is 0 Å². The first kappa shape index (κ1) is 21.5. The van der Waals surface area contributed by atoms with Gasteiger partial charge in [0.15, 0.2) is 0 Å². The number of hydrogen-bond acceptors (Lipinski definition) is 7. The third-order valence-electron chi connectivity index (χ3n) is 3.48. The summed E-state index contributed by atoms with van der Waals surface area (Å²) in [5.74, 6) is -0.690. The van der Waals surface area contributed by atoms with Crippen LogP contribution in [0.2, 0.25) is 0 Å². The number of likely N-dealkylation sites (N-methyl/N-ethyl adjacent to an activating group) is 1. The topological polar surface area (TPSA) is 146 Å². The van der Waals surface area contributed by atoms with Crippen LogP contribution in [0.3, 0.4) is 0 Å². The summed E-state index contributed by atoms with van der Waals surface area (Å²) in [5, 5.41) is 2.76. The standard InChI is InChI=1S/C12H23FN4O7S/c1-3-5-9(11(18)15-23-10-7-14-6-8(10)13)17(4-2)12(19)16-24-25(20,21)22/h8-10,14H,3-7H2,1-2H3,(H,15,18)(H,16,19)(H,20,21,22)/t8?,9-,10?/m0/s1. The van der Waals surface area contributed by atoms with Gasteiger partial charge in [-0.25, -0.2) is 14.7 Å². The number of nitrogens with zero attached hydrogens (tertiary/aromatic N) is 1. The van der Waals surface area contributed by atoms with Gasteiger partial charge in [0.05, 0.1) is 0 Å². The van der Waals surface area contributed by atoms with Crippen LogP contribution in [0.4, 0.5) is 9.18 Å². The number of rotatable bonds is 9. The highest BCUT2D eigenvalue weighted by Gasteiger charge is 2.32. The molecule has 0 aromatic carbocycles. The summed E-state index contributed by atoms with van der Waals surface area (Å²) in [5.41, 5.74) is 3.66. The molecule has 25 heavy (non-hydrogen) atoms. The molecule has 0 saturated carbocycles. The van der Waals surface area contributed by atoms with Crippen molar-refractivity contribution in [3.63, 3.8) is 0 Å². The third kappa shape index (κ3) is 7.07. The molecule has 1 heterocycles. The van der Waals surface area contributed by atoms with Crippen molar-refractivity contribution >= 4 is 22.3 Å². The SMILES string of the molecule is CCC[C@@H](C(=O)NOC1CNCC1F)N(CC)C(=O)NOS(=O)(=O)O. The lowest BCUT2D eigenvalue weighted by Gasteiger charge is -2.29. The van der Waals surface area contributed by atoms with Crippen molar-refractivity contribution in [3.8, 4) is 0 Å². The summed E-state index contributed by atoms with van der Waals surface area (Å²) in [4.78, 5) is 30.3. The average molecular weight is 386 g/mol. The zero-order valence-corrected chi connectivity index (χ0v) is 14.7. The van der Waals surface area contributed by atoms with Crippen molar-refractivity contribution in [1.82, 2.24) is 21.2 Å². The van der Waals surface area contributed by atoms with Crippen LogP contribution < -0.4 is 16.3 Å². The maximum absolute atomic E-state index is 13.4. The third-order valence-corrected chi connectivity index (χ3v) is 3.77. The molecule has 3 atom stereocenters. The zero-order valence-electron chi connectivity index (χ0n) is 13.9. The van der Waals surface area contributed by atoms with E-state index in [9.17, 15) is 22.4 Å². The molecule has 0 bridgehead atoms. The molecule has 0 aliphatic carbocycles. The van der Waals surface area contributed by atoms with Crippen molar-refractivity contribution in [2.45, 2.75) is 45.0 Å². The highest BCUT2D eigenvalue weighted by molar-refractivity contribution is 7.80. The van der Waals surface area contributed by atoms with E-state index in [1.54, 1.807) is 13.8 Å². The van der Waals surface area contributed by atoms with Gasteiger partial charge >= 0.3 is 16.4 Å². The fraction of sp³-hybridized carbons (Fsp3) is 0.833. The predicted octanol–water partition coefficient (Wildman–Crippen LogP) is -0.721. The van der Waals surface area contributed by atoms with E-state index < -0.39 is 40.7 Å². The maximum Gasteiger partial charge on any atom is 0.418 e. The number of urea groups is 1. The van der Waals surface area contributed by atoms with Gasteiger partial charge in [0.25, 0.3) is 5.91 Å². The van der Waals surface area contributed by atoms with Crippen LogP contribution in [0, 0.1) is 0 Å². The Morgan fingerprint density at radius 2 is 2.04 bits per heavy atom. The van der Waals surface area contributed by atoms with Crippen molar-refractivity contribution in [2.24, 2.45) is 0 Å². The van der Waals surface area contributed by atoms with Crippen LogP contribution in [0.1, 0.15) is 26.7 Å². The van der Waals surface area contributed by atoms with Gasteiger partial charge in [0, 0.05) is 19.6 Å². The van der Waals surface area contributed by atoms with Crippen molar-refractivity contribution in [3.05, 3.63) is 0 Å². The molecule has 1 aliphatic rings. The first-order chi connectivity index (χ1) is 11.7. The molecule has 0 aromatic rings. The maximum atomic E-state index is 13.4. The van der Waals surface area contributed by atoms with E-state index in [1.807, 2.05) is 0 Å². The minimum atomic E-state index is -4.88. The smallest absolute Gasteiger partial charge is 0.311 e. The minimum absolute atomic E-state index is 0.0372. The van der Waals surface area contributed by atoms with Gasteiger partial charge in [-0.05, 0) is 13.3 Å². The Bertz CT molecular complexity index is 562. The average Bonchev–Trinajstić information content (AvgIpc) is 2.95. The van der Waals surface area contributed by atoms with E-state index in [4.69, 9.17) is 9.39 Å². The van der Waals surface area contributed by atoms with E-state index in [0.29, 0.717) is 6.42 Å². The molecule has 2 unspecified atom stereocenters. The van der Waals surface area contributed by atoms with Gasteiger partial charge in [-0.2, -0.15) is 13.9 Å². The second-order valence-corrected chi connectivity index (χ2v) is 6.33. The Balaban J connectivity index is 2.69. The number of halogens is 1. The van der Waals surface area contributed by atoms with Gasteiger partial charge in [0.2, 0.25) is 0 Å². The fourth-order valence-corrected chi connectivity index (χ4v) is 2.47. The lowest BCUT2D eigenvalue weighted by Crippen LogP contribution is -2.53. The van der Waals surface area contributed by atoms with Gasteiger partial charge < -0.3 is 10.2 Å². The van der Waals surface area contributed by atoms with Crippen LogP contribution in [-0.2, 0) is 24.3 Å². The van der Waals surface area contributed by atoms with Crippen molar-refractivity contribution < 1.29 is 36.1 Å². The Morgan fingerprint density at radius 3 is 2.52 bits per heavy atom. The van der Waals surface area contributed by atoms with Gasteiger partial charge in [0.1, 0.15) is 18.3 Å². The number of nitrogens with one attached hydrogen (secondary N) is 3. The molecule has 1 saturated heterocycles. The second kappa shape index (κ2) is 9.82. The lowest BCUT2D eigenvalue weighted by molar-refractivity contribution is -0.144. The van der Waals surface area contributed by atoms with E-state index in [1.165, 1.54) is 5.48 Å². The zero-order chi connectivity index (χ0) is 19.0. The number of carbonyl (C=O) groups excluding carboxylic acids is 2. The first-order valence-electron chi connectivity index (χ1n) is 7.72. The molecule has 11 nitrogen and oxygen atoms in total. The summed E-state index contributed by atoms with van der Waals surface area (Å²) in [7, 11) is -4.88. The Morgan fingerprint density at radius 1 is 1.36 bits per heavy atom. The van der Waals surface area contributed by atoms with Gasteiger partial charge in [-0.15, -0.1) is 4.28 Å². The highest BCUT2D eigenvalue weighted by Crippen LogP contribution is 2.11. The van der Waals surface area contributed by atoms with Crippen LogP contribution >= 0.6 is 0 Å². The Labute approximate surface area is 145 Å². The van der Waals surface area contributed by atoms with E-state index in [2.05, 4.69) is 15.1 Å². The lowest BCUT2D eigenvalue weighted by atomic mass is 10.1. The van der Waals surface area contributed by atoms with Crippen LogP contribution in [-0.4, -0.2) is 67.8 Å². The van der Waals surface area contributed by atoms with E-state index >= 15 is 0 Å². The largest absolute Gasteiger partial charge is 0.418 e. The van der Waals surface area contributed by atoms with E-state index in [0.717, 1.165) is 4.90 Å². The minimum Gasteiger partial charge on any atom is -0.311 e. The van der Waals surface area contributed by atoms with Crippen molar-refractivity contribution in [1.29, 1.82) is 0 Å². The number of amides is 3. The molecule has 0 spiro atoms.